The third-order valence-corrected chi connectivity index (χ3v) is 20.4. The fraction of sp³-hybridized carbons (Fsp3) is 0.341. The van der Waals surface area contributed by atoms with Crippen LogP contribution in [0.1, 0.15) is 71.2 Å². The van der Waals surface area contributed by atoms with Gasteiger partial charge in [-0.05, 0) is 87.7 Å². The van der Waals surface area contributed by atoms with Gasteiger partial charge in [0.15, 0.2) is 16.9 Å². The summed E-state index contributed by atoms with van der Waals surface area (Å²) in [6, 6.07) is 63.0. The van der Waals surface area contributed by atoms with Crippen molar-refractivity contribution in [3.63, 3.8) is 0 Å². The standard InChI is InChI=1S/C31H35N7O2.C29H34N6O.C28H32N6O2/c1-23-4-3-5-25(18-23)21-32-22-27-19-31(37-14-16-40-17-15-37)38-30(33-27)20-29(34-38)26-6-8-28(9-7-26)36-12-10-35(11-13-36)24(2)39;1-4-33(5-2)26-11-9-24(10-12-26)27-19-28-31-25(21-30-20-23-8-6-7-22(3)17-23)18-29(35(28)32-27)34-13-15-36-16-14-34;1-21-4-3-5-22(16-21)19-29-20-25-17-28(33-11-14-36-15-12-33)34-27(31-25)18-26(32-34)23-6-8-24(9-7-23)30-10-13-35-2/h3-9,18-21H,10-17,22H2,1-2H3;6-12,17-20H,4-5,13-16,21H2,1-3H3;3-9,16-19,30H,10-15,20H2,1-2H3. The quantitative estimate of drug-likeness (QED) is 0.0466. The van der Waals surface area contributed by atoms with Gasteiger partial charge in [-0.2, -0.15) is 28.8 Å². The number of nitrogens with one attached hydrogen (secondary N) is 1. The summed E-state index contributed by atoms with van der Waals surface area (Å²) in [6.07, 6.45) is 5.75. The number of amides is 1. The van der Waals surface area contributed by atoms with Gasteiger partial charge in [0.05, 0.1) is 100 Å². The van der Waals surface area contributed by atoms with Crippen molar-refractivity contribution in [2.45, 2.75) is 61.2 Å². The van der Waals surface area contributed by atoms with E-state index in [4.69, 9.17) is 54.2 Å². The predicted octanol–water partition coefficient (Wildman–Crippen LogP) is 13.1. The fourth-order valence-electron chi connectivity index (χ4n) is 14.3. The van der Waals surface area contributed by atoms with E-state index < -0.39 is 0 Å². The van der Waals surface area contributed by atoms with Gasteiger partial charge in [0.25, 0.3) is 0 Å². The SMILES string of the molecule is CC(=O)N1CCN(c2ccc(-c3cc4nc(CN=Cc5cccc(C)c5)cc(N5CCOCC5)n4n3)cc2)CC1.CCN(CC)c1ccc(-c2cc3nc(CN=Cc4cccc(C)c4)cc(N4CCOCC4)n3n2)cc1.COCCNc1ccc(-c2cc3nc(CN=Cc4cccc(C)c4)cc(N4CCOCC4)n3n2)cc1. The molecule has 4 aliphatic rings. The zero-order chi connectivity index (χ0) is 77.1. The van der Waals surface area contributed by atoms with Gasteiger partial charge in [-0.3, -0.25) is 19.8 Å². The maximum absolute atomic E-state index is 11.7. The molecule has 0 radical (unpaired) electrons. The molecule has 4 saturated heterocycles. The van der Waals surface area contributed by atoms with Gasteiger partial charge in [-0.1, -0.05) is 126 Å². The maximum Gasteiger partial charge on any atom is 0.219 e. The number of anilines is 6. The van der Waals surface area contributed by atoms with Crippen molar-refractivity contribution in [2.75, 3.05) is 168 Å². The van der Waals surface area contributed by atoms with Gasteiger partial charge < -0.3 is 53.7 Å². The van der Waals surface area contributed by atoms with Gasteiger partial charge >= 0.3 is 0 Å². The van der Waals surface area contributed by atoms with E-state index in [0.29, 0.717) is 65.9 Å². The molecule has 24 nitrogen and oxygen atoms in total. The van der Waals surface area contributed by atoms with Gasteiger partial charge in [0, 0.05) is 188 Å². The van der Waals surface area contributed by atoms with Gasteiger partial charge in [-0.25, -0.2) is 15.0 Å². The van der Waals surface area contributed by atoms with Crippen molar-refractivity contribution in [1.82, 2.24) is 48.7 Å². The zero-order valence-corrected chi connectivity index (χ0v) is 65.4. The summed E-state index contributed by atoms with van der Waals surface area (Å²) in [5, 5.41) is 18.2. The molecule has 1 N–H and O–H groups in total. The van der Waals surface area contributed by atoms with Crippen LogP contribution in [0.5, 0.6) is 0 Å². The minimum atomic E-state index is 0.146. The molecule has 0 spiro atoms. The number of aryl methyl sites for hydroxylation is 3. The number of methoxy groups -OCH3 is 1. The first kappa shape index (κ1) is 77.0. The molecule has 578 valence electrons. The van der Waals surface area contributed by atoms with E-state index in [1.54, 1.807) is 14.0 Å². The van der Waals surface area contributed by atoms with Crippen LogP contribution in [0.25, 0.3) is 50.7 Å². The van der Waals surface area contributed by atoms with E-state index in [1.807, 2.05) is 55.3 Å². The number of morpholine rings is 3. The van der Waals surface area contributed by atoms with Crippen LogP contribution < -0.4 is 29.8 Å². The highest BCUT2D eigenvalue weighted by Gasteiger charge is 2.24. The molecule has 4 fully saturated rings. The minimum Gasteiger partial charge on any atom is -0.383 e. The Labute approximate surface area is 655 Å². The van der Waals surface area contributed by atoms with Gasteiger partial charge in [0.2, 0.25) is 5.91 Å². The van der Waals surface area contributed by atoms with E-state index in [9.17, 15) is 4.79 Å². The first-order valence-corrected chi connectivity index (χ1v) is 39.0. The van der Waals surface area contributed by atoms with E-state index >= 15 is 0 Å². The number of aromatic nitrogens is 9. The first-order chi connectivity index (χ1) is 54.9. The third-order valence-electron chi connectivity index (χ3n) is 20.4. The summed E-state index contributed by atoms with van der Waals surface area (Å²) in [7, 11) is 1.70. The highest BCUT2D eigenvalue weighted by atomic mass is 16.5. The van der Waals surface area contributed by atoms with E-state index in [0.717, 1.165) is 198 Å². The topological polar surface area (TPSA) is 213 Å². The van der Waals surface area contributed by atoms with Crippen molar-refractivity contribution in [3.05, 3.63) is 232 Å². The molecular formula is C88H101N19O5. The van der Waals surface area contributed by atoms with E-state index in [1.165, 1.54) is 22.4 Å². The Morgan fingerprint density at radius 2 is 0.821 bits per heavy atom. The molecule has 24 heteroatoms. The Morgan fingerprint density at radius 3 is 1.17 bits per heavy atom. The lowest BCUT2D eigenvalue weighted by molar-refractivity contribution is -0.129. The summed E-state index contributed by atoms with van der Waals surface area (Å²) in [6.45, 7) is 29.6. The number of aliphatic imine (C=N–C) groups is 3. The molecule has 16 rings (SSSR count). The Bertz CT molecular complexity index is 5200. The summed E-state index contributed by atoms with van der Waals surface area (Å²) in [4.78, 5) is 54.0. The average Bonchev–Trinajstić information content (AvgIpc) is 1.63. The summed E-state index contributed by atoms with van der Waals surface area (Å²) in [5.41, 5.74) is 21.5. The molecule has 0 bridgehead atoms. The number of hydrogen-bond donors (Lipinski definition) is 1. The van der Waals surface area contributed by atoms with E-state index in [2.05, 4.69) is 238 Å². The lowest BCUT2D eigenvalue weighted by atomic mass is 10.1. The van der Waals surface area contributed by atoms with Crippen LogP contribution in [0.3, 0.4) is 0 Å². The van der Waals surface area contributed by atoms with Crippen molar-refractivity contribution in [2.24, 2.45) is 15.0 Å². The number of hydrogen-bond acceptors (Lipinski definition) is 20. The predicted molar refractivity (Wildman–Crippen MR) is 450 cm³/mol. The number of ether oxygens (including phenoxy) is 4. The van der Waals surface area contributed by atoms with Crippen LogP contribution in [0.15, 0.2) is 197 Å². The molecule has 0 saturated carbocycles. The molecule has 0 aliphatic carbocycles. The highest BCUT2D eigenvalue weighted by molar-refractivity contribution is 5.82. The Hall–Kier alpha value is -11.7. The third kappa shape index (κ3) is 19.7. The Morgan fingerprint density at radius 1 is 0.455 bits per heavy atom. The van der Waals surface area contributed by atoms with Crippen molar-refractivity contribution < 1.29 is 23.7 Å². The number of rotatable bonds is 23. The number of nitrogens with zero attached hydrogens (tertiary/aromatic N) is 18. The number of benzene rings is 6. The lowest BCUT2D eigenvalue weighted by Gasteiger charge is -2.35. The van der Waals surface area contributed by atoms with Crippen LogP contribution in [0, 0.1) is 20.8 Å². The fourth-order valence-corrected chi connectivity index (χ4v) is 14.3. The second kappa shape index (κ2) is 37.3. The monoisotopic (exact) mass is 1500 g/mol. The zero-order valence-electron chi connectivity index (χ0n) is 65.4. The molecule has 0 unspecified atom stereocenters. The minimum absolute atomic E-state index is 0.146. The molecule has 12 aromatic rings. The van der Waals surface area contributed by atoms with Crippen molar-refractivity contribution >= 4 is 76.0 Å². The molecule has 0 atom stereocenters. The van der Waals surface area contributed by atoms with Gasteiger partial charge in [-0.15, -0.1) is 0 Å². The maximum atomic E-state index is 11.7. The second-order valence-electron chi connectivity index (χ2n) is 28.4. The molecule has 1 amide bonds. The van der Waals surface area contributed by atoms with Crippen molar-refractivity contribution in [3.8, 4) is 33.8 Å². The number of piperazine rings is 1. The summed E-state index contributed by atoms with van der Waals surface area (Å²) >= 11 is 0. The van der Waals surface area contributed by atoms with Gasteiger partial charge in [0.1, 0.15) is 17.5 Å². The molecule has 112 heavy (non-hydrogen) atoms. The normalized spacial score (nSPS) is 14.9. The van der Waals surface area contributed by atoms with Crippen molar-refractivity contribution in [1.29, 1.82) is 0 Å². The van der Waals surface area contributed by atoms with Crippen LogP contribution in [0.2, 0.25) is 0 Å². The molecule has 6 aromatic heterocycles. The molecule has 10 heterocycles. The van der Waals surface area contributed by atoms with Crippen LogP contribution in [-0.4, -0.2) is 212 Å². The molecule has 4 aliphatic heterocycles. The lowest BCUT2D eigenvalue weighted by Crippen LogP contribution is -2.48. The smallest absolute Gasteiger partial charge is 0.219 e. The second-order valence-corrected chi connectivity index (χ2v) is 28.4. The average molecular weight is 1500 g/mol. The van der Waals surface area contributed by atoms with Crippen LogP contribution in [0.4, 0.5) is 34.5 Å². The summed E-state index contributed by atoms with van der Waals surface area (Å²) in [5.74, 6) is 3.22. The van der Waals surface area contributed by atoms with E-state index in [-0.39, 0.29) is 5.91 Å². The number of carbonyl (C=O) groups is 1. The first-order valence-electron chi connectivity index (χ1n) is 39.0. The Kier molecular flexibility index (Phi) is 25.7. The Balaban J connectivity index is 0.000000140. The summed E-state index contributed by atoms with van der Waals surface area (Å²) < 4.78 is 27.8. The van der Waals surface area contributed by atoms with Crippen LogP contribution in [-0.2, 0) is 43.4 Å². The largest absolute Gasteiger partial charge is 0.383 e. The molecular weight excluding hydrogens is 1400 g/mol. The van der Waals surface area contributed by atoms with Crippen LogP contribution >= 0.6 is 0 Å². The molecule has 6 aromatic carbocycles. The highest BCUT2D eigenvalue weighted by Crippen LogP contribution is 2.31. The number of carbonyl (C=O) groups excluding carboxylic acids is 1. The number of fused-ring (bicyclic) bond motifs is 3.